The number of carbonyl (C=O) groups excluding carboxylic acids is 1. The summed E-state index contributed by atoms with van der Waals surface area (Å²) >= 11 is 0. The first-order chi connectivity index (χ1) is 9.27. The van der Waals surface area contributed by atoms with Gasteiger partial charge in [0.2, 0.25) is 0 Å². The third kappa shape index (κ3) is 2.68. The Morgan fingerprint density at radius 2 is 1.63 bits per heavy atom. The first-order valence-corrected chi connectivity index (χ1v) is 7.65. The third-order valence-corrected chi connectivity index (χ3v) is 4.52. The van der Waals surface area contributed by atoms with Crippen LogP contribution in [0, 0.1) is 6.92 Å². The Labute approximate surface area is 115 Å². The second-order valence-corrected chi connectivity index (χ2v) is 6.05. The molecule has 0 unspecified atom stereocenters. The van der Waals surface area contributed by atoms with Crippen LogP contribution in [0.15, 0.2) is 24.3 Å². The lowest BCUT2D eigenvalue weighted by molar-refractivity contribution is 0.0613. The average Bonchev–Trinajstić information content (AvgIpc) is 3.25. The van der Waals surface area contributed by atoms with E-state index in [2.05, 4.69) is 4.90 Å². The molecule has 2 fully saturated rings. The molecule has 1 amide bonds. The van der Waals surface area contributed by atoms with Crippen molar-refractivity contribution in [3.63, 3.8) is 0 Å². The Morgan fingerprint density at radius 1 is 1.00 bits per heavy atom. The van der Waals surface area contributed by atoms with Crippen LogP contribution in [0.5, 0.6) is 0 Å². The summed E-state index contributed by atoms with van der Waals surface area (Å²) in [4.78, 5) is 15.1. The number of amides is 1. The molecule has 2 nitrogen and oxygen atoms in total. The number of carbonyl (C=O) groups is 1. The second kappa shape index (κ2) is 5.36. The molecule has 0 radical (unpaired) electrons. The standard InChI is InChI=1S/C17H23NO/c1-13-7-5-6-10-16(13)17(19)18(15-11-12-15)14-8-3-2-4-9-14/h5-7,10,14-15H,2-4,8-9,11-12H2,1H3. The predicted molar refractivity (Wildman–Crippen MR) is 77.2 cm³/mol. The highest BCUT2D eigenvalue weighted by Gasteiger charge is 2.38. The number of hydrogen-bond donors (Lipinski definition) is 0. The van der Waals surface area contributed by atoms with Gasteiger partial charge in [0.05, 0.1) is 0 Å². The number of rotatable bonds is 3. The topological polar surface area (TPSA) is 20.3 Å². The Balaban J connectivity index is 1.83. The van der Waals surface area contributed by atoms with Crippen molar-refractivity contribution in [3.8, 4) is 0 Å². The summed E-state index contributed by atoms with van der Waals surface area (Å²) in [6.07, 6.45) is 8.72. The highest BCUT2D eigenvalue weighted by Crippen LogP contribution is 2.35. The fraction of sp³-hybridized carbons (Fsp3) is 0.588. The molecule has 2 saturated carbocycles. The summed E-state index contributed by atoms with van der Waals surface area (Å²) < 4.78 is 0. The van der Waals surface area contributed by atoms with E-state index in [0.717, 1.165) is 11.1 Å². The van der Waals surface area contributed by atoms with Crippen molar-refractivity contribution in [3.05, 3.63) is 35.4 Å². The van der Waals surface area contributed by atoms with Gasteiger partial charge in [0, 0.05) is 17.6 Å². The third-order valence-electron chi connectivity index (χ3n) is 4.52. The molecule has 0 aromatic heterocycles. The van der Waals surface area contributed by atoms with Crippen LogP contribution in [-0.2, 0) is 0 Å². The number of hydrogen-bond acceptors (Lipinski definition) is 1. The first-order valence-electron chi connectivity index (χ1n) is 7.65. The highest BCUT2D eigenvalue weighted by molar-refractivity contribution is 5.96. The van der Waals surface area contributed by atoms with E-state index < -0.39 is 0 Å². The van der Waals surface area contributed by atoms with Gasteiger partial charge in [0.25, 0.3) is 5.91 Å². The molecule has 0 bridgehead atoms. The maximum Gasteiger partial charge on any atom is 0.254 e. The van der Waals surface area contributed by atoms with Crippen LogP contribution in [-0.4, -0.2) is 22.9 Å². The van der Waals surface area contributed by atoms with Crippen LogP contribution in [0.25, 0.3) is 0 Å². The minimum Gasteiger partial charge on any atom is -0.333 e. The van der Waals surface area contributed by atoms with Gasteiger partial charge in [-0.05, 0) is 44.2 Å². The molecular weight excluding hydrogens is 234 g/mol. The van der Waals surface area contributed by atoms with Crippen molar-refractivity contribution in [1.29, 1.82) is 0 Å². The van der Waals surface area contributed by atoms with Gasteiger partial charge in [-0.3, -0.25) is 4.79 Å². The van der Waals surface area contributed by atoms with E-state index in [1.165, 1.54) is 44.9 Å². The van der Waals surface area contributed by atoms with E-state index in [0.29, 0.717) is 12.1 Å². The van der Waals surface area contributed by atoms with E-state index >= 15 is 0 Å². The normalized spacial score (nSPS) is 20.3. The fourth-order valence-electron chi connectivity index (χ4n) is 3.29. The lowest BCUT2D eigenvalue weighted by Crippen LogP contribution is -2.43. The van der Waals surface area contributed by atoms with Gasteiger partial charge in [-0.1, -0.05) is 37.5 Å². The molecule has 102 valence electrons. The predicted octanol–water partition coefficient (Wildman–Crippen LogP) is 3.93. The summed E-state index contributed by atoms with van der Waals surface area (Å²) in [5.41, 5.74) is 2.01. The summed E-state index contributed by atoms with van der Waals surface area (Å²) in [5.74, 6) is 0.271. The minimum atomic E-state index is 0.271. The van der Waals surface area contributed by atoms with E-state index in [1.54, 1.807) is 0 Å². The van der Waals surface area contributed by atoms with Crippen molar-refractivity contribution >= 4 is 5.91 Å². The van der Waals surface area contributed by atoms with Crippen LogP contribution in [0.4, 0.5) is 0 Å². The van der Waals surface area contributed by atoms with Crippen LogP contribution < -0.4 is 0 Å². The van der Waals surface area contributed by atoms with Crippen molar-refractivity contribution in [1.82, 2.24) is 4.90 Å². The van der Waals surface area contributed by atoms with Gasteiger partial charge in [0.1, 0.15) is 0 Å². The quantitative estimate of drug-likeness (QED) is 0.803. The van der Waals surface area contributed by atoms with E-state index in [1.807, 2.05) is 31.2 Å². The summed E-state index contributed by atoms with van der Waals surface area (Å²) in [5, 5.41) is 0. The van der Waals surface area contributed by atoms with E-state index in [4.69, 9.17) is 0 Å². The molecule has 0 heterocycles. The van der Waals surface area contributed by atoms with Crippen LogP contribution >= 0.6 is 0 Å². The Bertz CT molecular complexity index is 458. The monoisotopic (exact) mass is 257 g/mol. The zero-order valence-electron chi connectivity index (χ0n) is 11.8. The van der Waals surface area contributed by atoms with Gasteiger partial charge >= 0.3 is 0 Å². The largest absolute Gasteiger partial charge is 0.333 e. The smallest absolute Gasteiger partial charge is 0.254 e. The van der Waals surface area contributed by atoms with Crippen molar-refractivity contribution in [2.45, 2.75) is 64.0 Å². The van der Waals surface area contributed by atoms with Crippen molar-refractivity contribution in [2.24, 2.45) is 0 Å². The van der Waals surface area contributed by atoms with Gasteiger partial charge in [0.15, 0.2) is 0 Å². The molecule has 3 rings (SSSR count). The average molecular weight is 257 g/mol. The van der Waals surface area contributed by atoms with Gasteiger partial charge in [-0.25, -0.2) is 0 Å². The maximum absolute atomic E-state index is 12.9. The Morgan fingerprint density at radius 3 is 2.26 bits per heavy atom. The first kappa shape index (κ1) is 12.7. The minimum absolute atomic E-state index is 0.271. The molecule has 2 aliphatic carbocycles. The van der Waals surface area contributed by atoms with Crippen molar-refractivity contribution < 1.29 is 4.79 Å². The zero-order valence-corrected chi connectivity index (χ0v) is 11.8. The summed E-state index contributed by atoms with van der Waals surface area (Å²) in [6.45, 7) is 2.04. The lowest BCUT2D eigenvalue weighted by Gasteiger charge is -2.35. The molecule has 2 aliphatic rings. The molecule has 0 atom stereocenters. The van der Waals surface area contributed by atoms with Gasteiger partial charge in [-0.15, -0.1) is 0 Å². The highest BCUT2D eigenvalue weighted by atomic mass is 16.2. The van der Waals surface area contributed by atoms with Crippen LogP contribution in [0.2, 0.25) is 0 Å². The molecular formula is C17H23NO. The van der Waals surface area contributed by atoms with Crippen LogP contribution in [0.1, 0.15) is 60.9 Å². The second-order valence-electron chi connectivity index (χ2n) is 6.05. The number of aryl methyl sites for hydroxylation is 1. The molecule has 2 heteroatoms. The Hall–Kier alpha value is -1.31. The zero-order chi connectivity index (χ0) is 13.2. The van der Waals surface area contributed by atoms with Gasteiger partial charge < -0.3 is 4.90 Å². The molecule has 1 aromatic carbocycles. The molecule has 0 aliphatic heterocycles. The van der Waals surface area contributed by atoms with E-state index in [-0.39, 0.29) is 5.91 Å². The summed E-state index contributed by atoms with van der Waals surface area (Å²) in [7, 11) is 0. The summed E-state index contributed by atoms with van der Waals surface area (Å²) in [6, 6.07) is 9.03. The SMILES string of the molecule is Cc1ccccc1C(=O)N(C1CCCCC1)C1CC1. The fourth-order valence-corrected chi connectivity index (χ4v) is 3.29. The van der Waals surface area contributed by atoms with Crippen molar-refractivity contribution in [2.75, 3.05) is 0 Å². The number of nitrogens with zero attached hydrogens (tertiary/aromatic N) is 1. The van der Waals surface area contributed by atoms with Crippen LogP contribution in [0.3, 0.4) is 0 Å². The molecule has 0 N–H and O–H groups in total. The molecule has 1 aromatic rings. The van der Waals surface area contributed by atoms with E-state index in [9.17, 15) is 4.79 Å². The lowest BCUT2D eigenvalue weighted by atomic mass is 9.93. The Kier molecular flexibility index (Phi) is 3.58. The maximum atomic E-state index is 12.9. The molecule has 0 saturated heterocycles. The number of benzene rings is 1. The van der Waals surface area contributed by atoms with Gasteiger partial charge in [-0.2, -0.15) is 0 Å². The molecule has 0 spiro atoms. The molecule has 19 heavy (non-hydrogen) atoms.